The molecule has 0 saturated heterocycles. The molecule has 1 unspecified atom stereocenters. The van der Waals surface area contributed by atoms with Crippen molar-refractivity contribution in [2.75, 3.05) is 11.4 Å². The maximum Gasteiger partial charge on any atom is 0.501 e. The summed E-state index contributed by atoms with van der Waals surface area (Å²) in [6.07, 6.45) is -3.60. The summed E-state index contributed by atoms with van der Waals surface area (Å²) in [5.74, 6) is -1.84. The third-order valence-electron chi connectivity index (χ3n) is 6.18. The maximum absolute atomic E-state index is 14.9. The zero-order valence-electron chi connectivity index (χ0n) is 16.8. The Kier molecular flexibility index (Phi) is 5.48. The summed E-state index contributed by atoms with van der Waals surface area (Å²) in [7, 11) is -5.86. The molecule has 0 spiro atoms. The number of halogens is 6. The van der Waals surface area contributed by atoms with Gasteiger partial charge in [-0.15, -0.1) is 0 Å². The predicted molar refractivity (Wildman–Crippen MR) is 104 cm³/mol. The van der Waals surface area contributed by atoms with Crippen LogP contribution >= 0.6 is 0 Å². The molecule has 1 N–H and O–H groups in total. The average molecular weight is 479 g/mol. The van der Waals surface area contributed by atoms with Gasteiger partial charge in [0, 0.05) is 30.3 Å². The van der Waals surface area contributed by atoms with E-state index < -0.39 is 56.1 Å². The molecule has 1 aliphatic carbocycles. The fraction of sp³-hybridized carbons (Fsp3) is 0.429. The molecule has 0 amide bonds. The molecule has 32 heavy (non-hydrogen) atoms. The van der Waals surface area contributed by atoms with Gasteiger partial charge in [-0.25, -0.2) is 21.6 Å². The van der Waals surface area contributed by atoms with Crippen molar-refractivity contribution in [3.8, 4) is 0 Å². The largest absolute Gasteiger partial charge is 0.501 e. The van der Waals surface area contributed by atoms with Crippen molar-refractivity contribution in [1.29, 1.82) is 0 Å². The molecule has 0 bridgehead atoms. The Balaban J connectivity index is 1.95. The first-order chi connectivity index (χ1) is 14.9. The molecule has 3 atom stereocenters. The zero-order valence-corrected chi connectivity index (χ0v) is 17.6. The number of anilines is 2. The van der Waals surface area contributed by atoms with Crippen LogP contribution in [-0.4, -0.2) is 31.7 Å². The highest BCUT2D eigenvalue weighted by Crippen LogP contribution is 2.49. The summed E-state index contributed by atoms with van der Waals surface area (Å²) in [5.41, 5.74) is -6.00. The van der Waals surface area contributed by atoms with Crippen LogP contribution in [0.25, 0.3) is 0 Å². The number of hydrogen-bond donors (Lipinski definition) is 1. The molecular formula is C21H19F6NO3S. The zero-order chi connectivity index (χ0) is 23.6. The number of aliphatic hydroxyl groups is 1. The number of fused-ring (bicyclic) bond motifs is 2. The lowest BCUT2D eigenvalue weighted by Crippen LogP contribution is -2.30. The van der Waals surface area contributed by atoms with Crippen LogP contribution in [0.5, 0.6) is 0 Å². The van der Waals surface area contributed by atoms with Gasteiger partial charge in [0.2, 0.25) is 0 Å². The molecule has 11 heteroatoms. The number of rotatable bonds is 3. The molecule has 2 aromatic rings. The molecule has 174 valence electrons. The summed E-state index contributed by atoms with van der Waals surface area (Å²) < 4.78 is 107. The van der Waals surface area contributed by atoms with Gasteiger partial charge < -0.3 is 10.0 Å². The third-order valence-corrected chi connectivity index (χ3v) is 7.72. The van der Waals surface area contributed by atoms with E-state index in [-0.39, 0.29) is 29.4 Å². The minimum Gasteiger partial charge on any atom is -0.385 e. The van der Waals surface area contributed by atoms with Crippen LogP contribution in [-0.2, 0) is 16.3 Å². The first-order valence-electron chi connectivity index (χ1n) is 9.94. The Morgan fingerprint density at radius 1 is 1.19 bits per heavy atom. The van der Waals surface area contributed by atoms with Crippen LogP contribution in [0.2, 0.25) is 0 Å². The number of nitrogens with zero attached hydrogens (tertiary/aromatic N) is 1. The van der Waals surface area contributed by atoms with Gasteiger partial charge in [-0.05, 0) is 48.1 Å². The molecular weight excluding hydrogens is 460 g/mol. The van der Waals surface area contributed by atoms with E-state index in [2.05, 4.69) is 0 Å². The highest BCUT2D eigenvalue weighted by Gasteiger charge is 2.51. The van der Waals surface area contributed by atoms with Crippen LogP contribution in [0.3, 0.4) is 0 Å². The normalized spacial score (nSPS) is 23.2. The summed E-state index contributed by atoms with van der Waals surface area (Å²) in [6.45, 7) is 2.05. The lowest BCUT2D eigenvalue weighted by molar-refractivity contribution is -0.0437. The number of hydrogen-bond acceptors (Lipinski definition) is 4. The number of alkyl halides is 4. The van der Waals surface area contributed by atoms with E-state index in [1.165, 1.54) is 11.0 Å². The fourth-order valence-electron chi connectivity index (χ4n) is 4.67. The Bertz CT molecular complexity index is 1180. The van der Waals surface area contributed by atoms with Crippen molar-refractivity contribution in [1.82, 2.24) is 0 Å². The summed E-state index contributed by atoms with van der Waals surface area (Å²) >= 11 is 0. The standard InChI is InChI=1S/C21H19F6NO3S/c1-2-10-5-6-28(19-12(10)7-11(22)8-14(19)23)16-3-4-17(32(30,31)21(25,26)27)18-13(16)9-15(24)20(18)29/h3-4,7-8,10,15,20,29H,2,5-6,9H2,1H3/t10?,15-,20-/m1/s1. The molecule has 0 fully saturated rings. The maximum atomic E-state index is 14.9. The Morgan fingerprint density at radius 3 is 2.50 bits per heavy atom. The minimum atomic E-state index is -5.86. The van der Waals surface area contributed by atoms with Gasteiger partial charge in [0.1, 0.15) is 23.9 Å². The van der Waals surface area contributed by atoms with Gasteiger partial charge in [0.25, 0.3) is 9.84 Å². The highest BCUT2D eigenvalue weighted by molar-refractivity contribution is 7.92. The van der Waals surface area contributed by atoms with Gasteiger partial charge in [0.05, 0.1) is 10.6 Å². The SMILES string of the molecule is CCC1CCN(c2ccc(S(=O)(=O)C(F)(F)F)c3c2C[C@@H](F)[C@H]3O)c2c(F)cc(F)cc21. The monoisotopic (exact) mass is 479 g/mol. The lowest BCUT2D eigenvalue weighted by atomic mass is 9.87. The molecule has 0 radical (unpaired) electrons. The first kappa shape index (κ1) is 22.9. The molecule has 2 aromatic carbocycles. The lowest BCUT2D eigenvalue weighted by Gasteiger charge is -2.37. The van der Waals surface area contributed by atoms with Crippen molar-refractivity contribution in [2.45, 2.75) is 54.8 Å². The molecule has 1 aliphatic heterocycles. The smallest absolute Gasteiger partial charge is 0.385 e. The second-order valence-corrected chi connectivity index (χ2v) is 9.87. The predicted octanol–water partition coefficient (Wildman–Crippen LogP) is 5.22. The molecule has 0 saturated carbocycles. The van der Waals surface area contributed by atoms with Crippen molar-refractivity contribution >= 4 is 21.2 Å². The molecule has 2 aliphatic rings. The van der Waals surface area contributed by atoms with Crippen molar-refractivity contribution in [3.05, 3.63) is 52.6 Å². The molecule has 4 nitrogen and oxygen atoms in total. The van der Waals surface area contributed by atoms with Crippen LogP contribution in [0, 0.1) is 11.6 Å². The topological polar surface area (TPSA) is 57.6 Å². The quantitative estimate of drug-likeness (QED) is 0.614. The van der Waals surface area contributed by atoms with Crippen LogP contribution in [0.15, 0.2) is 29.2 Å². The highest BCUT2D eigenvalue weighted by atomic mass is 32.2. The van der Waals surface area contributed by atoms with Gasteiger partial charge in [-0.3, -0.25) is 0 Å². The Labute approximate surface area is 180 Å². The Hall–Kier alpha value is -2.27. The van der Waals surface area contributed by atoms with Gasteiger partial charge in [0.15, 0.2) is 0 Å². The van der Waals surface area contributed by atoms with E-state index in [0.29, 0.717) is 30.5 Å². The Morgan fingerprint density at radius 2 is 1.88 bits per heavy atom. The number of aliphatic hydroxyl groups excluding tert-OH is 1. The third kappa shape index (κ3) is 3.37. The second kappa shape index (κ2) is 7.65. The summed E-state index contributed by atoms with van der Waals surface area (Å²) in [5, 5.41) is 10.2. The fourth-order valence-corrected chi connectivity index (χ4v) is 5.70. The van der Waals surface area contributed by atoms with Crippen molar-refractivity contribution < 1.29 is 39.9 Å². The van der Waals surface area contributed by atoms with E-state index in [9.17, 15) is 39.9 Å². The van der Waals surface area contributed by atoms with Gasteiger partial charge in [-0.2, -0.15) is 13.2 Å². The summed E-state index contributed by atoms with van der Waals surface area (Å²) in [4.78, 5) is 0.170. The van der Waals surface area contributed by atoms with E-state index in [4.69, 9.17) is 0 Å². The second-order valence-electron chi connectivity index (χ2n) is 7.96. The summed E-state index contributed by atoms with van der Waals surface area (Å²) in [6, 6.07) is 3.58. The van der Waals surface area contributed by atoms with Crippen LogP contribution < -0.4 is 4.90 Å². The van der Waals surface area contributed by atoms with Gasteiger partial charge >= 0.3 is 5.51 Å². The van der Waals surface area contributed by atoms with E-state index in [0.717, 1.165) is 6.07 Å². The number of sulfone groups is 1. The molecule has 4 rings (SSSR count). The van der Waals surface area contributed by atoms with Crippen molar-refractivity contribution in [2.24, 2.45) is 0 Å². The van der Waals surface area contributed by atoms with Crippen LogP contribution in [0.4, 0.5) is 37.7 Å². The van der Waals surface area contributed by atoms with Crippen molar-refractivity contribution in [3.63, 3.8) is 0 Å². The van der Waals surface area contributed by atoms with E-state index >= 15 is 0 Å². The van der Waals surface area contributed by atoms with Crippen LogP contribution in [0.1, 0.15) is 48.5 Å². The molecule has 1 heterocycles. The van der Waals surface area contributed by atoms with Gasteiger partial charge in [-0.1, -0.05) is 6.92 Å². The van der Waals surface area contributed by atoms with E-state index in [1.807, 2.05) is 6.92 Å². The molecule has 0 aromatic heterocycles. The average Bonchev–Trinajstić information content (AvgIpc) is 3.00. The van der Waals surface area contributed by atoms with E-state index in [1.54, 1.807) is 0 Å². The first-order valence-corrected chi connectivity index (χ1v) is 11.4. The minimum absolute atomic E-state index is 0.00919. The number of benzene rings is 2.